The number of hydrogen-bond acceptors (Lipinski definition) is 3. The highest BCUT2D eigenvalue weighted by atomic mass is 16.5. The van der Waals surface area contributed by atoms with E-state index in [0.717, 1.165) is 17.7 Å². The Kier molecular flexibility index (Phi) is 6.64. The zero-order valence-corrected chi connectivity index (χ0v) is 10.9. The minimum atomic E-state index is -0.165. The van der Waals surface area contributed by atoms with Crippen LogP contribution in [-0.2, 0) is 11.3 Å². The highest BCUT2D eigenvalue weighted by Crippen LogP contribution is 2.10. The van der Waals surface area contributed by atoms with Crippen molar-refractivity contribution in [3.8, 4) is 5.75 Å². The molecule has 0 atom stereocenters. The van der Waals surface area contributed by atoms with Crippen LogP contribution in [-0.4, -0.2) is 33.4 Å². The molecule has 1 rings (SSSR count). The molecule has 2 amide bonds. The molecule has 0 saturated carbocycles. The molecule has 0 aromatic heterocycles. The van der Waals surface area contributed by atoms with Crippen molar-refractivity contribution in [1.82, 2.24) is 10.6 Å². The molecule has 0 aliphatic rings. The van der Waals surface area contributed by atoms with E-state index in [2.05, 4.69) is 10.6 Å². The summed E-state index contributed by atoms with van der Waals surface area (Å²) < 4.78 is 9.95. The maximum Gasteiger partial charge on any atom is 0.315 e. The topological polar surface area (TPSA) is 59.6 Å². The molecule has 5 nitrogen and oxygen atoms in total. The van der Waals surface area contributed by atoms with Crippen LogP contribution in [0.3, 0.4) is 0 Å². The van der Waals surface area contributed by atoms with Gasteiger partial charge < -0.3 is 20.1 Å². The number of rotatable bonds is 7. The van der Waals surface area contributed by atoms with Crippen LogP contribution >= 0.6 is 0 Å². The van der Waals surface area contributed by atoms with Crippen molar-refractivity contribution in [3.63, 3.8) is 0 Å². The van der Waals surface area contributed by atoms with Crippen molar-refractivity contribution in [3.05, 3.63) is 29.8 Å². The second kappa shape index (κ2) is 8.36. The van der Waals surface area contributed by atoms with E-state index < -0.39 is 0 Å². The standard InChI is InChI=1S/C13H20N2O3/c1-17-9-3-8-14-13(16)15-10-11-4-6-12(18-2)7-5-11/h4-7H,3,8-10H2,1-2H3,(H2,14,15,16). The fourth-order valence-corrected chi connectivity index (χ4v) is 1.41. The highest BCUT2D eigenvalue weighted by molar-refractivity contribution is 5.73. The summed E-state index contributed by atoms with van der Waals surface area (Å²) in [6.45, 7) is 1.77. The largest absolute Gasteiger partial charge is 0.497 e. The molecule has 0 spiro atoms. The van der Waals surface area contributed by atoms with E-state index >= 15 is 0 Å². The second-order valence-electron chi connectivity index (χ2n) is 3.80. The lowest BCUT2D eigenvalue weighted by Gasteiger charge is -2.08. The second-order valence-corrected chi connectivity index (χ2v) is 3.80. The third kappa shape index (κ3) is 5.54. The van der Waals surface area contributed by atoms with Gasteiger partial charge in [0.05, 0.1) is 7.11 Å². The lowest BCUT2D eigenvalue weighted by atomic mass is 10.2. The fraction of sp³-hybridized carbons (Fsp3) is 0.462. The molecule has 0 unspecified atom stereocenters. The lowest BCUT2D eigenvalue weighted by molar-refractivity contribution is 0.193. The van der Waals surface area contributed by atoms with Crippen LogP contribution in [0.5, 0.6) is 5.75 Å². The maximum atomic E-state index is 11.4. The van der Waals surface area contributed by atoms with Crippen LogP contribution in [0.25, 0.3) is 0 Å². The van der Waals surface area contributed by atoms with Crippen LogP contribution in [0.2, 0.25) is 0 Å². The Labute approximate surface area is 107 Å². The first-order valence-corrected chi connectivity index (χ1v) is 5.90. The molecule has 0 fully saturated rings. The minimum Gasteiger partial charge on any atom is -0.497 e. The van der Waals surface area contributed by atoms with Gasteiger partial charge in [0.1, 0.15) is 5.75 Å². The summed E-state index contributed by atoms with van der Waals surface area (Å²) >= 11 is 0. The summed E-state index contributed by atoms with van der Waals surface area (Å²) in [7, 11) is 3.27. The number of urea groups is 1. The molecule has 5 heteroatoms. The van der Waals surface area contributed by atoms with E-state index in [0.29, 0.717) is 19.7 Å². The smallest absolute Gasteiger partial charge is 0.315 e. The van der Waals surface area contributed by atoms with Crippen molar-refractivity contribution in [2.45, 2.75) is 13.0 Å². The van der Waals surface area contributed by atoms with Gasteiger partial charge in [-0.2, -0.15) is 0 Å². The Morgan fingerprint density at radius 1 is 1.17 bits per heavy atom. The third-order valence-corrected chi connectivity index (χ3v) is 2.42. The molecule has 18 heavy (non-hydrogen) atoms. The average Bonchev–Trinajstić information content (AvgIpc) is 2.42. The van der Waals surface area contributed by atoms with Crippen LogP contribution in [0.4, 0.5) is 4.79 Å². The molecule has 1 aromatic rings. The molecule has 100 valence electrons. The lowest BCUT2D eigenvalue weighted by Crippen LogP contribution is -2.35. The minimum absolute atomic E-state index is 0.165. The summed E-state index contributed by atoms with van der Waals surface area (Å²) in [4.78, 5) is 11.4. The molecule has 2 N–H and O–H groups in total. The zero-order valence-electron chi connectivity index (χ0n) is 10.9. The number of methoxy groups -OCH3 is 2. The van der Waals surface area contributed by atoms with Gasteiger partial charge in [0.2, 0.25) is 0 Å². The molecular weight excluding hydrogens is 232 g/mol. The molecule has 0 aliphatic carbocycles. The maximum absolute atomic E-state index is 11.4. The number of carbonyl (C=O) groups is 1. The summed E-state index contributed by atoms with van der Waals surface area (Å²) in [5.41, 5.74) is 1.03. The Balaban J connectivity index is 2.20. The Morgan fingerprint density at radius 2 is 1.89 bits per heavy atom. The first-order valence-electron chi connectivity index (χ1n) is 5.90. The van der Waals surface area contributed by atoms with Gasteiger partial charge in [-0.25, -0.2) is 4.79 Å². The van der Waals surface area contributed by atoms with Crippen LogP contribution < -0.4 is 15.4 Å². The summed E-state index contributed by atoms with van der Waals surface area (Å²) in [5.74, 6) is 0.808. The van der Waals surface area contributed by atoms with E-state index in [1.54, 1.807) is 14.2 Å². The van der Waals surface area contributed by atoms with Crippen LogP contribution in [0, 0.1) is 0 Å². The number of hydrogen-bond donors (Lipinski definition) is 2. The number of benzene rings is 1. The molecule has 1 aromatic carbocycles. The monoisotopic (exact) mass is 252 g/mol. The summed E-state index contributed by atoms with van der Waals surface area (Å²) in [6, 6.07) is 7.41. The van der Waals surface area contributed by atoms with Crippen molar-refractivity contribution >= 4 is 6.03 Å². The van der Waals surface area contributed by atoms with Gasteiger partial charge in [0.25, 0.3) is 0 Å². The number of nitrogens with one attached hydrogen (secondary N) is 2. The van der Waals surface area contributed by atoms with Crippen molar-refractivity contribution in [1.29, 1.82) is 0 Å². The van der Waals surface area contributed by atoms with E-state index in [4.69, 9.17) is 9.47 Å². The van der Waals surface area contributed by atoms with Gasteiger partial charge >= 0.3 is 6.03 Å². The van der Waals surface area contributed by atoms with E-state index in [1.165, 1.54) is 0 Å². The van der Waals surface area contributed by atoms with Crippen LogP contribution in [0.15, 0.2) is 24.3 Å². The van der Waals surface area contributed by atoms with Crippen molar-refractivity contribution in [2.24, 2.45) is 0 Å². The predicted octanol–water partition coefficient (Wildman–Crippen LogP) is 1.53. The summed E-state index contributed by atoms with van der Waals surface area (Å²) in [6.07, 6.45) is 0.812. The number of carbonyl (C=O) groups excluding carboxylic acids is 1. The fourth-order valence-electron chi connectivity index (χ4n) is 1.41. The van der Waals surface area contributed by atoms with Gasteiger partial charge in [-0.3, -0.25) is 0 Å². The van der Waals surface area contributed by atoms with Gasteiger partial charge in [0, 0.05) is 26.8 Å². The number of ether oxygens (including phenoxy) is 2. The first-order chi connectivity index (χ1) is 8.76. The van der Waals surface area contributed by atoms with Gasteiger partial charge in [-0.1, -0.05) is 12.1 Å². The molecule has 0 heterocycles. The predicted molar refractivity (Wildman–Crippen MR) is 69.7 cm³/mol. The normalized spacial score (nSPS) is 9.89. The molecule has 0 aliphatic heterocycles. The quantitative estimate of drug-likeness (QED) is 0.723. The van der Waals surface area contributed by atoms with Crippen molar-refractivity contribution < 1.29 is 14.3 Å². The average molecular weight is 252 g/mol. The van der Waals surface area contributed by atoms with Gasteiger partial charge in [0.15, 0.2) is 0 Å². The van der Waals surface area contributed by atoms with Crippen LogP contribution in [0.1, 0.15) is 12.0 Å². The van der Waals surface area contributed by atoms with Crippen molar-refractivity contribution in [2.75, 3.05) is 27.4 Å². The number of amides is 2. The molecule has 0 saturated heterocycles. The Morgan fingerprint density at radius 3 is 2.50 bits per heavy atom. The van der Waals surface area contributed by atoms with E-state index in [1.807, 2.05) is 24.3 Å². The van der Waals surface area contributed by atoms with E-state index in [9.17, 15) is 4.79 Å². The Bertz CT molecular complexity index is 352. The highest BCUT2D eigenvalue weighted by Gasteiger charge is 1.99. The summed E-state index contributed by atoms with van der Waals surface area (Å²) in [5, 5.41) is 5.54. The van der Waals surface area contributed by atoms with Gasteiger partial charge in [-0.05, 0) is 24.1 Å². The molecule has 0 radical (unpaired) electrons. The zero-order chi connectivity index (χ0) is 13.2. The SMILES string of the molecule is COCCCNC(=O)NCc1ccc(OC)cc1. The van der Waals surface area contributed by atoms with Gasteiger partial charge in [-0.15, -0.1) is 0 Å². The Hall–Kier alpha value is -1.75. The van der Waals surface area contributed by atoms with E-state index in [-0.39, 0.29) is 6.03 Å². The molecular formula is C13H20N2O3. The molecule has 0 bridgehead atoms. The third-order valence-electron chi connectivity index (χ3n) is 2.42. The first kappa shape index (κ1) is 14.3.